The topological polar surface area (TPSA) is 64.4 Å². The summed E-state index contributed by atoms with van der Waals surface area (Å²) in [4.78, 5) is 12.3. The molecule has 4 nitrogen and oxygen atoms in total. The molecule has 2 atom stereocenters. The molecule has 0 radical (unpaired) electrons. The molecule has 0 spiro atoms. The van der Waals surface area contributed by atoms with Crippen LogP contribution in [0.4, 0.5) is 0 Å². The molecule has 2 rings (SSSR count). The van der Waals surface area contributed by atoms with E-state index in [0.29, 0.717) is 18.4 Å². The molecule has 3 N–H and O–H groups in total. The van der Waals surface area contributed by atoms with Gasteiger partial charge in [0.2, 0.25) is 5.91 Å². The Morgan fingerprint density at radius 2 is 1.88 bits per heavy atom. The Kier molecular flexibility index (Phi) is 7.10. The van der Waals surface area contributed by atoms with Crippen LogP contribution in [0.3, 0.4) is 0 Å². The fourth-order valence-corrected chi connectivity index (χ4v) is 3.29. The van der Waals surface area contributed by atoms with E-state index in [2.05, 4.69) is 26.1 Å². The lowest BCUT2D eigenvalue weighted by Crippen LogP contribution is -2.42. The first-order valence-electron chi connectivity index (χ1n) is 9.32. The second-order valence-corrected chi connectivity index (χ2v) is 7.30. The molecule has 1 aromatic carbocycles. The van der Waals surface area contributed by atoms with Crippen molar-refractivity contribution in [3.8, 4) is 5.75 Å². The van der Waals surface area contributed by atoms with Crippen molar-refractivity contribution in [3.63, 3.8) is 0 Å². The third-order valence-electron chi connectivity index (χ3n) is 4.67. The van der Waals surface area contributed by atoms with Gasteiger partial charge >= 0.3 is 0 Å². The molecule has 1 amide bonds. The van der Waals surface area contributed by atoms with Gasteiger partial charge in [-0.2, -0.15) is 0 Å². The highest BCUT2D eigenvalue weighted by molar-refractivity contribution is 5.81. The smallest absolute Gasteiger partial charge is 0.237 e. The molecule has 134 valence electrons. The van der Waals surface area contributed by atoms with E-state index in [-0.39, 0.29) is 11.9 Å². The highest BCUT2D eigenvalue weighted by Crippen LogP contribution is 2.26. The van der Waals surface area contributed by atoms with Crippen LogP contribution in [0.1, 0.15) is 70.9 Å². The van der Waals surface area contributed by atoms with Gasteiger partial charge in [-0.1, -0.05) is 32.9 Å². The van der Waals surface area contributed by atoms with E-state index in [1.54, 1.807) is 0 Å². The quantitative estimate of drug-likeness (QED) is 0.757. The number of rotatable bonds is 8. The Bertz CT molecular complexity index is 507. The van der Waals surface area contributed by atoms with E-state index in [1.807, 2.05) is 24.3 Å². The zero-order valence-corrected chi connectivity index (χ0v) is 15.3. The van der Waals surface area contributed by atoms with Crippen LogP contribution >= 0.6 is 0 Å². The Balaban J connectivity index is 1.93. The molecule has 1 saturated carbocycles. The Morgan fingerprint density at radius 3 is 2.42 bits per heavy atom. The predicted octanol–water partition coefficient (Wildman–Crippen LogP) is 3.95. The van der Waals surface area contributed by atoms with Gasteiger partial charge < -0.3 is 15.8 Å². The maximum atomic E-state index is 12.3. The molecule has 2 unspecified atom stereocenters. The van der Waals surface area contributed by atoms with Crippen molar-refractivity contribution >= 4 is 5.91 Å². The van der Waals surface area contributed by atoms with Gasteiger partial charge in [0.1, 0.15) is 5.75 Å². The molecule has 0 aromatic heterocycles. The second-order valence-electron chi connectivity index (χ2n) is 7.30. The van der Waals surface area contributed by atoms with E-state index in [4.69, 9.17) is 10.5 Å². The number of hydrogen-bond donors (Lipinski definition) is 2. The molecule has 1 aliphatic carbocycles. The van der Waals surface area contributed by atoms with Crippen molar-refractivity contribution in [2.75, 3.05) is 0 Å². The summed E-state index contributed by atoms with van der Waals surface area (Å²) in [5, 5.41) is 3.08. The Hall–Kier alpha value is -1.55. The number of hydrogen-bond acceptors (Lipinski definition) is 3. The lowest BCUT2D eigenvalue weighted by Gasteiger charge is -2.21. The first-order valence-corrected chi connectivity index (χ1v) is 9.32. The number of amides is 1. The van der Waals surface area contributed by atoms with Crippen molar-refractivity contribution in [2.24, 2.45) is 11.7 Å². The number of ether oxygens (including phenoxy) is 1. The molecule has 0 bridgehead atoms. The lowest BCUT2D eigenvalue weighted by atomic mass is 10.0. The highest BCUT2D eigenvalue weighted by atomic mass is 16.5. The molecule has 0 heterocycles. The van der Waals surface area contributed by atoms with E-state index >= 15 is 0 Å². The minimum Gasteiger partial charge on any atom is -0.490 e. The summed E-state index contributed by atoms with van der Waals surface area (Å²) in [5.74, 6) is 1.27. The molecule has 0 saturated heterocycles. The van der Waals surface area contributed by atoms with E-state index in [0.717, 1.165) is 30.6 Å². The first-order chi connectivity index (χ1) is 11.5. The van der Waals surface area contributed by atoms with Crippen molar-refractivity contribution in [1.82, 2.24) is 5.32 Å². The predicted molar refractivity (Wildman–Crippen MR) is 97.9 cm³/mol. The molecule has 4 heteroatoms. The molecule has 1 fully saturated rings. The maximum Gasteiger partial charge on any atom is 0.237 e. The van der Waals surface area contributed by atoms with Crippen molar-refractivity contribution in [1.29, 1.82) is 0 Å². The molecule has 1 aromatic rings. The summed E-state index contributed by atoms with van der Waals surface area (Å²) in [6.45, 7) is 6.23. The van der Waals surface area contributed by atoms with Crippen LogP contribution in [0.25, 0.3) is 0 Å². The third-order valence-corrected chi connectivity index (χ3v) is 4.67. The van der Waals surface area contributed by atoms with Crippen LogP contribution in [0.5, 0.6) is 5.75 Å². The zero-order chi connectivity index (χ0) is 17.5. The van der Waals surface area contributed by atoms with Gasteiger partial charge in [-0.25, -0.2) is 0 Å². The molecule has 24 heavy (non-hydrogen) atoms. The summed E-state index contributed by atoms with van der Waals surface area (Å²) in [6, 6.07) is 7.67. The van der Waals surface area contributed by atoms with Crippen LogP contribution in [0.15, 0.2) is 24.3 Å². The van der Waals surface area contributed by atoms with Crippen LogP contribution < -0.4 is 15.8 Å². The average molecular weight is 332 g/mol. The summed E-state index contributed by atoms with van der Waals surface area (Å²) in [6.07, 6.45) is 6.75. The minimum atomic E-state index is -0.441. The molecule has 0 aliphatic heterocycles. The van der Waals surface area contributed by atoms with E-state index in [1.165, 1.54) is 12.8 Å². The van der Waals surface area contributed by atoms with Crippen molar-refractivity contribution in [3.05, 3.63) is 29.8 Å². The average Bonchev–Trinajstić information content (AvgIpc) is 3.05. The van der Waals surface area contributed by atoms with Crippen molar-refractivity contribution < 1.29 is 9.53 Å². The number of carbonyl (C=O) groups excluding carboxylic acids is 1. The second kappa shape index (κ2) is 9.07. The molecular formula is C20H32N2O2. The van der Waals surface area contributed by atoms with E-state index in [9.17, 15) is 4.79 Å². The standard InChI is InChI=1S/C20H32N2O2/c1-4-19(22-20(23)18(21)13-14(2)3)15-9-11-17(12-10-15)24-16-7-5-6-8-16/h9-12,14,16,18-19H,4-8,13,21H2,1-3H3,(H,22,23). The van der Waals surface area contributed by atoms with Gasteiger partial charge in [-0.15, -0.1) is 0 Å². The van der Waals surface area contributed by atoms with Crippen LogP contribution in [0, 0.1) is 5.92 Å². The summed E-state index contributed by atoms with van der Waals surface area (Å²) in [5.41, 5.74) is 7.08. The maximum absolute atomic E-state index is 12.3. The number of carbonyl (C=O) groups is 1. The Labute approximate surface area is 146 Å². The number of benzene rings is 1. The Morgan fingerprint density at radius 1 is 1.25 bits per heavy atom. The zero-order valence-electron chi connectivity index (χ0n) is 15.3. The fraction of sp³-hybridized carbons (Fsp3) is 0.650. The van der Waals surface area contributed by atoms with Gasteiger partial charge in [-0.05, 0) is 62.1 Å². The van der Waals surface area contributed by atoms with Gasteiger partial charge in [-0.3, -0.25) is 4.79 Å². The van der Waals surface area contributed by atoms with Crippen LogP contribution in [0.2, 0.25) is 0 Å². The lowest BCUT2D eigenvalue weighted by molar-refractivity contribution is -0.123. The minimum absolute atomic E-state index is 0.00348. The van der Waals surface area contributed by atoms with Gasteiger partial charge in [0.05, 0.1) is 18.2 Å². The SMILES string of the molecule is CCC(NC(=O)C(N)CC(C)C)c1ccc(OC2CCCC2)cc1. The first kappa shape index (κ1) is 18.8. The van der Waals surface area contributed by atoms with Gasteiger partial charge in [0.25, 0.3) is 0 Å². The van der Waals surface area contributed by atoms with Gasteiger partial charge in [0, 0.05) is 0 Å². The summed E-state index contributed by atoms with van der Waals surface area (Å²) >= 11 is 0. The third kappa shape index (κ3) is 5.52. The fourth-order valence-electron chi connectivity index (χ4n) is 3.29. The monoisotopic (exact) mass is 332 g/mol. The van der Waals surface area contributed by atoms with Gasteiger partial charge in [0.15, 0.2) is 0 Å². The number of nitrogens with two attached hydrogens (primary N) is 1. The molecular weight excluding hydrogens is 300 g/mol. The summed E-state index contributed by atoms with van der Waals surface area (Å²) in [7, 11) is 0. The van der Waals surface area contributed by atoms with Crippen molar-refractivity contribution in [2.45, 2.75) is 77.5 Å². The van der Waals surface area contributed by atoms with Crippen LogP contribution in [-0.4, -0.2) is 18.1 Å². The largest absolute Gasteiger partial charge is 0.490 e. The number of nitrogens with one attached hydrogen (secondary N) is 1. The van der Waals surface area contributed by atoms with Crippen LogP contribution in [-0.2, 0) is 4.79 Å². The van der Waals surface area contributed by atoms with E-state index < -0.39 is 6.04 Å². The summed E-state index contributed by atoms with van der Waals surface area (Å²) < 4.78 is 6.00. The normalized spacial score (nSPS) is 17.7. The highest BCUT2D eigenvalue weighted by Gasteiger charge is 2.20. The molecule has 1 aliphatic rings.